The third-order valence-electron chi connectivity index (χ3n) is 2.61. The highest BCUT2D eigenvalue weighted by molar-refractivity contribution is 9.10. The number of halogens is 1. The first-order valence-electron chi connectivity index (χ1n) is 5.45. The maximum absolute atomic E-state index is 12.3. The summed E-state index contributed by atoms with van der Waals surface area (Å²) in [6.45, 7) is 1.92. The van der Waals surface area contributed by atoms with Crippen molar-refractivity contribution >= 4 is 31.6 Å². The number of benzene rings is 1. The van der Waals surface area contributed by atoms with Crippen LogP contribution in [0.5, 0.6) is 0 Å². The zero-order valence-electron chi connectivity index (χ0n) is 10.1. The molecule has 102 valence electrons. The minimum absolute atomic E-state index is 0.00521. The van der Waals surface area contributed by atoms with E-state index in [1.54, 1.807) is 6.07 Å². The van der Waals surface area contributed by atoms with Gasteiger partial charge in [-0.15, -0.1) is 0 Å². The second-order valence-electron chi connectivity index (χ2n) is 3.99. The Morgan fingerprint density at radius 2 is 2.21 bits per heavy atom. The molecule has 1 aromatic heterocycles. The average molecular weight is 345 g/mol. The predicted molar refractivity (Wildman–Crippen MR) is 76.2 cm³/mol. The Hall–Kier alpha value is -1.38. The van der Waals surface area contributed by atoms with E-state index in [9.17, 15) is 8.42 Å². The van der Waals surface area contributed by atoms with Gasteiger partial charge in [0.05, 0.1) is 11.9 Å². The lowest BCUT2D eigenvalue weighted by Gasteiger charge is -2.10. The van der Waals surface area contributed by atoms with Gasteiger partial charge in [0.25, 0.3) is 10.0 Å². The summed E-state index contributed by atoms with van der Waals surface area (Å²) in [5.74, 6) is 0. The summed E-state index contributed by atoms with van der Waals surface area (Å²) in [6, 6.07) is 5.36. The number of H-pyrrole nitrogens is 1. The molecule has 0 saturated heterocycles. The molecule has 0 amide bonds. The maximum atomic E-state index is 12.3. The minimum atomic E-state index is -3.72. The Labute approximate surface area is 119 Å². The van der Waals surface area contributed by atoms with Gasteiger partial charge in [-0.25, -0.2) is 0 Å². The molecule has 0 radical (unpaired) electrons. The third kappa shape index (κ3) is 2.96. The molecule has 0 unspecified atom stereocenters. The third-order valence-corrected chi connectivity index (χ3v) is 4.48. The van der Waals surface area contributed by atoms with Gasteiger partial charge in [0.2, 0.25) is 0 Å². The van der Waals surface area contributed by atoms with Gasteiger partial charge < -0.3 is 5.73 Å². The summed E-state index contributed by atoms with van der Waals surface area (Å²) in [5, 5.41) is 6.16. The number of aromatic amines is 1. The molecule has 6 nitrogen and oxygen atoms in total. The van der Waals surface area contributed by atoms with Crippen LogP contribution in [0.1, 0.15) is 11.1 Å². The van der Waals surface area contributed by atoms with Crippen LogP contribution >= 0.6 is 15.9 Å². The monoisotopic (exact) mass is 344 g/mol. The van der Waals surface area contributed by atoms with E-state index < -0.39 is 10.0 Å². The fourth-order valence-electron chi connectivity index (χ4n) is 1.58. The average Bonchev–Trinajstić information content (AvgIpc) is 2.82. The van der Waals surface area contributed by atoms with Crippen molar-refractivity contribution in [3.63, 3.8) is 0 Å². The van der Waals surface area contributed by atoms with E-state index in [0.717, 1.165) is 10.0 Å². The summed E-state index contributed by atoms with van der Waals surface area (Å²) < 4.78 is 27.8. The normalized spacial score (nSPS) is 11.5. The van der Waals surface area contributed by atoms with Gasteiger partial charge in [0.1, 0.15) is 0 Å². The van der Waals surface area contributed by atoms with Gasteiger partial charge in [-0.05, 0) is 24.6 Å². The molecule has 0 saturated carbocycles. The van der Waals surface area contributed by atoms with Crippen LogP contribution in [0, 0.1) is 6.92 Å². The van der Waals surface area contributed by atoms with Crippen LogP contribution < -0.4 is 10.5 Å². The Balaban J connectivity index is 2.39. The lowest BCUT2D eigenvalue weighted by molar-refractivity contribution is 0.595. The SMILES string of the molecule is Cc1ccc(Br)cc1NS(=O)(=O)c1[nH]ncc1CN. The standard InChI is InChI=1S/C11H13BrN4O2S/c1-7-2-3-9(12)4-10(7)16-19(17,18)11-8(5-13)6-14-15-11/h2-4,6,16H,5,13H2,1H3,(H,14,15). The Morgan fingerprint density at radius 3 is 2.89 bits per heavy atom. The number of rotatable bonds is 4. The first-order valence-corrected chi connectivity index (χ1v) is 7.73. The number of anilines is 1. The van der Waals surface area contributed by atoms with Gasteiger partial charge in [0, 0.05) is 16.6 Å². The van der Waals surface area contributed by atoms with Crippen LogP contribution in [0.2, 0.25) is 0 Å². The molecular formula is C11H13BrN4O2S. The number of aryl methyl sites for hydroxylation is 1. The quantitative estimate of drug-likeness (QED) is 0.786. The molecule has 0 aliphatic rings. The van der Waals surface area contributed by atoms with Crippen LogP contribution in [0.4, 0.5) is 5.69 Å². The summed E-state index contributed by atoms with van der Waals surface area (Å²) in [6.07, 6.45) is 1.41. The first kappa shape index (κ1) is 14.0. The van der Waals surface area contributed by atoms with Crippen molar-refractivity contribution in [1.82, 2.24) is 10.2 Å². The van der Waals surface area contributed by atoms with Crippen molar-refractivity contribution < 1.29 is 8.42 Å². The van der Waals surface area contributed by atoms with E-state index in [0.29, 0.717) is 11.3 Å². The number of nitrogens with two attached hydrogens (primary N) is 1. The number of hydrogen-bond acceptors (Lipinski definition) is 4. The molecule has 0 bridgehead atoms. The van der Waals surface area contributed by atoms with Crippen molar-refractivity contribution in [2.75, 3.05) is 4.72 Å². The van der Waals surface area contributed by atoms with E-state index >= 15 is 0 Å². The van der Waals surface area contributed by atoms with Crippen molar-refractivity contribution in [2.24, 2.45) is 5.73 Å². The van der Waals surface area contributed by atoms with Gasteiger partial charge in [0.15, 0.2) is 5.03 Å². The van der Waals surface area contributed by atoms with E-state index in [1.165, 1.54) is 6.20 Å². The van der Waals surface area contributed by atoms with Crippen LogP contribution in [-0.2, 0) is 16.6 Å². The van der Waals surface area contributed by atoms with Crippen molar-refractivity contribution in [3.8, 4) is 0 Å². The molecule has 0 atom stereocenters. The summed E-state index contributed by atoms with van der Waals surface area (Å²) in [7, 11) is -3.72. The van der Waals surface area contributed by atoms with Gasteiger partial charge in [-0.1, -0.05) is 22.0 Å². The van der Waals surface area contributed by atoms with Crippen LogP contribution in [0.15, 0.2) is 33.9 Å². The fraction of sp³-hybridized carbons (Fsp3) is 0.182. The molecular weight excluding hydrogens is 332 g/mol. The first-order chi connectivity index (χ1) is 8.94. The van der Waals surface area contributed by atoms with E-state index in [4.69, 9.17) is 5.73 Å². The Morgan fingerprint density at radius 1 is 1.47 bits per heavy atom. The summed E-state index contributed by atoms with van der Waals surface area (Å²) in [5.41, 5.74) is 7.25. The molecule has 1 heterocycles. The number of hydrogen-bond donors (Lipinski definition) is 3. The molecule has 0 aliphatic carbocycles. The molecule has 4 N–H and O–H groups in total. The highest BCUT2D eigenvalue weighted by atomic mass is 79.9. The number of sulfonamides is 1. The van der Waals surface area contributed by atoms with Crippen LogP contribution in [0.3, 0.4) is 0 Å². The van der Waals surface area contributed by atoms with Crippen molar-refractivity contribution in [2.45, 2.75) is 18.5 Å². The Bertz CT molecular complexity index is 696. The molecule has 2 aromatic rings. The van der Waals surface area contributed by atoms with Gasteiger partial charge in [-0.3, -0.25) is 9.82 Å². The smallest absolute Gasteiger partial charge is 0.279 e. The lowest BCUT2D eigenvalue weighted by atomic mass is 10.2. The van der Waals surface area contributed by atoms with E-state index in [1.807, 2.05) is 19.1 Å². The van der Waals surface area contributed by atoms with Gasteiger partial charge in [-0.2, -0.15) is 13.5 Å². The lowest BCUT2D eigenvalue weighted by Crippen LogP contribution is -2.16. The van der Waals surface area contributed by atoms with E-state index in [2.05, 4.69) is 30.8 Å². The maximum Gasteiger partial charge on any atom is 0.279 e. The molecule has 8 heteroatoms. The molecule has 2 rings (SSSR count). The summed E-state index contributed by atoms with van der Waals surface area (Å²) >= 11 is 3.31. The highest BCUT2D eigenvalue weighted by Gasteiger charge is 2.21. The second kappa shape index (κ2) is 5.32. The number of aromatic nitrogens is 2. The minimum Gasteiger partial charge on any atom is -0.326 e. The van der Waals surface area contributed by atoms with Crippen LogP contribution in [-0.4, -0.2) is 18.6 Å². The van der Waals surface area contributed by atoms with Gasteiger partial charge >= 0.3 is 0 Å². The number of nitrogens with one attached hydrogen (secondary N) is 2. The van der Waals surface area contributed by atoms with Crippen LogP contribution in [0.25, 0.3) is 0 Å². The largest absolute Gasteiger partial charge is 0.326 e. The Kier molecular flexibility index (Phi) is 3.93. The molecule has 0 aliphatic heterocycles. The number of nitrogens with zero attached hydrogens (tertiary/aromatic N) is 1. The fourth-order valence-corrected chi connectivity index (χ4v) is 3.20. The zero-order valence-corrected chi connectivity index (χ0v) is 12.5. The second-order valence-corrected chi connectivity index (χ2v) is 6.53. The van der Waals surface area contributed by atoms with E-state index in [-0.39, 0.29) is 11.6 Å². The zero-order chi connectivity index (χ0) is 14.0. The molecule has 0 fully saturated rings. The van der Waals surface area contributed by atoms with Crippen molar-refractivity contribution in [1.29, 1.82) is 0 Å². The van der Waals surface area contributed by atoms with Crippen molar-refractivity contribution in [3.05, 3.63) is 40.0 Å². The summed E-state index contributed by atoms with van der Waals surface area (Å²) in [4.78, 5) is 0. The molecule has 19 heavy (non-hydrogen) atoms. The highest BCUT2D eigenvalue weighted by Crippen LogP contribution is 2.24. The molecule has 0 spiro atoms. The predicted octanol–water partition coefficient (Wildman–Crippen LogP) is 1.74. The molecule has 1 aromatic carbocycles. The topological polar surface area (TPSA) is 101 Å².